The molecule has 1 aromatic heterocycles. The van der Waals surface area contributed by atoms with Gasteiger partial charge >= 0.3 is 6.01 Å². The zero-order valence-corrected chi connectivity index (χ0v) is 13.0. The minimum absolute atomic E-state index is 0.307. The topological polar surface area (TPSA) is 92.4 Å². The fourth-order valence-corrected chi connectivity index (χ4v) is 2.71. The molecular weight excluding hydrogens is 270 g/mol. The summed E-state index contributed by atoms with van der Waals surface area (Å²) in [5.41, 5.74) is 2.47. The van der Waals surface area contributed by atoms with Crippen LogP contribution >= 0.6 is 0 Å². The van der Waals surface area contributed by atoms with Crippen LogP contribution in [0.5, 0.6) is 6.01 Å². The molecule has 1 saturated heterocycles. The van der Waals surface area contributed by atoms with Crippen LogP contribution in [0, 0.1) is 0 Å². The van der Waals surface area contributed by atoms with Crippen molar-refractivity contribution in [3.05, 3.63) is 0 Å². The van der Waals surface area contributed by atoms with Crippen LogP contribution in [0.25, 0.3) is 0 Å². The van der Waals surface area contributed by atoms with Gasteiger partial charge in [0, 0.05) is 19.1 Å². The van der Waals surface area contributed by atoms with Crippen LogP contribution in [0.2, 0.25) is 0 Å². The molecule has 3 N–H and O–H groups in total. The van der Waals surface area contributed by atoms with E-state index in [1.54, 1.807) is 0 Å². The quantitative estimate of drug-likeness (QED) is 0.554. The van der Waals surface area contributed by atoms with Crippen molar-refractivity contribution in [1.82, 2.24) is 19.9 Å². The normalized spacial score (nSPS) is 18.3. The fourth-order valence-electron chi connectivity index (χ4n) is 2.71. The number of anilines is 2. The molecule has 0 amide bonds. The molecule has 0 radical (unpaired) electrons. The third kappa shape index (κ3) is 3.70. The standard InChI is InChI=1S/C13H25N7O/c1-4-19(5-2)10-7-8-20(9-10)12-15-11(18-14)16-13(17-12)21-6-3/h10H,4-9,14H2,1-3H3,(H,15,16,17,18). The van der Waals surface area contributed by atoms with E-state index in [4.69, 9.17) is 10.6 Å². The molecule has 118 valence electrons. The number of hydrogen-bond acceptors (Lipinski definition) is 8. The Morgan fingerprint density at radius 1 is 1.29 bits per heavy atom. The summed E-state index contributed by atoms with van der Waals surface area (Å²) in [5, 5.41) is 0. The number of hydrogen-bond donors (Lipinski definition) is 2. The number of nitrogens with one attached hydrogen (secondary N) is 1. The Bertz CT molecular complexity index is 452. The maximum Gasteiger partial charge on any atom is 0.323 e. The molecule has 0 bridgehead atoms. The van der Waals surface area contributed by atoms with Crippen LogP contribution < -0.4 is 20.9 Å². The third-order valence-electron chi connectivity index (χ3n) is 3.78. The van der Waals surface area contributed by atoms with E-state index in [2.05, 4.69) is 44.0 Å². The van der Waals surface area contributed by atoms with Crippen LogP contribution in [-0.2, 0) is 0 Å². The van der Waals surface area contributed by atoms with E-state index in [1.807, 2.05) is 6.92 Å². The predicted octanol–water partition coefficient (Wildman–Crippen LogP) is 0.476. The molecule has 1 aromatic rings. The van der Waals surface area contributed by atoms with E-state index in [0.717, 1.165) is 32.6 Å². The monoisotopic (exact) mass is 295 g/mol. The van der Waals surface area contributed by atoms with Crippen molar-refractivity contribution in [1.29, 1.82) is 0 Å². The molecule has 1 aliphatic heterocycles. The van der Waals surface area contributed by atoms with Crippen molar-refractivity contribution in [2.75, 3.05) is 43.1 Å². The van der Waals surface area contributed by atoms with Crippen molar-refractivity contribution in [3.8, 4) is 6.01 Å². The first-order valence-electron chi connectivity index (χ1n) is 7.56. The third-order valence-corrected chi connectivity index (χ3v) is 3.78. The number of hydrazine groups is 1. The maximum atomic E-state index is 5.42. The van der Waals surface area contributed by atoms with Crippen molar-refractivity contribution >= 4 is 11.9 Å². The second-order valence-electron chi connectivity index (χ2n) is 4.93. The number of nitrogens with two attached hydrogens (primary N) is 1. The van der Waals surface area contributed by atoms with Gasteiger partial charge in [0.05, 0.1) is 6.61 Å². The van der Waals surface area contributed by atoms with E-state index in [9.17, 15) is 0 Å². The molecule has 0 spiro atoms. The summed E-state index contributed by atoms with van der Waals surface area (Å²) in [4.78, 5) is 17.4. The minimum Gasteiger partial charge on any atom is -0.464 e. The van der Waals surface area contributed by atoms with Gasteiger partial charge in [-0.25, -0.2) is 5.84 Å². The van der Waals surface area contributed by atoms with Crippen LogP contribution in [0.15, 0.2) is 0 Å². The van der Waals surface area contributed by atoms with Crippen LogP contribution in [0.4, 0.5) is 11.9 Å². The fraction of sp³-hybridized carbons (Fsp3) is 0.769. The number of likely N-dealkylation sites (N-methyl/N-ethyl adjacent to an activating group) is 1. The van der Waals surface area contributed by atoms with Gasteiger partial charge in [0.1, 0.15) is 0 Å². The van der Waals surface area contributed by atoms with Gasteiger partial charge in [0.2, 0.25) is 11.9 Å². The molecule has 0 saturated carbocycles. The van der Waals surface area contributed by atoms with Gasteiger partial charge in [0.25, 0.3) is 0 Å². The Morgan fingerprint density at radius 3 is 2.67 bits per heavy atom. The van der Waals surface area contributed by atoms with Gasteiger partial charge in [0.15, 0.2) is 0 Å². The molecule has 0 aliphatic carbocycles. The molecule has 1 fully saturated rings. The molecular formula is C13H25N7O. The number of nitrogen functional groups attached to an aromatic ring is 1. The number of rotatable bonds is 7. The highest BCUT2D eigenvalue weighted by Crippen LogP contribution is 2.22. The number of nitrogens with zero attached hydrogens (tertiary/aromatic N) is 5. The summed E-state index contributed by atoms with van der Waals surface area (Å²) in [6.45, 7) is 10.8. The van der Waals surface area contributed by atoms with Gasteiger partial charge in [-0.1, -0.05) is 13.8 Å². The molecule has 1 unspecified atom stereocenters. The van der Waals surface area contributed by atoms with Gasteiger partial charge < -0.3 is 9.64 Å². The summed E-state index contributed by atoms with van der Waals surface area (Å²) < 4.78 is 5.37. The van der Waals surface area contributed by atoms with Crippen molar-refractivity contribution < 1.29 is 4.74 Å². The lowest BCUT2D eigenvalue weighted by Crippen LogP contribution is -2.37. The van der Waals surface area contributed by atoms with Crippen LogP contribution in [0.3, 0.4) is 0 Å². The lowest BCUT2D eigenvalue weighted by atomic mass is 10.2. The second kappa shape index (κ2) is 7.37. The lowest BCUT2D eigenvalue weighted by molar-refractivity contribution is 0.232. The van der Waals surface area contributed by atoms with Gasteiger partial charge in [-0.15, -0.1) is 0 Å². The number of aromatic nitrogens is 3. The van der Waals surface area contributed by atoms with Crippen molar-refractivity contribution in [2.24, 2.45) is 5.84 Å². The minimum atomic E-state index is 0.307. The number of ether oxygens (including phenoxy) is 1. The van der Waals surface area contributed by atoms with E-state index in [0.29, 0.717) is 30.6 Å². The highest BCUT2D eigenvalue weighted by atomic mass is 16.5. The molecule has 2 rings (SSSR count). The largest absolute Gasteiger partial charge is 0.464 e. The van der Waals surface area contributed by atoms with Crippen LogP contribution in [-0.4, -0.2) is 58.7 Å². The van der Waals surface area contributed by atoms with E-state index in [1.165, 1.54) is 0 Å². The Balaban J connectivity index is 2.13. The molecule has 0 aromatic carbocycles. The molecule has 2 heterocycles. The van der Waals surface area contributed by atoms with Gasteiger partial charge in [-0.3, -0.25) is 10.3 Å². The highest BCUT2D eigenvalue weighted by molar-refractivity contribution is 5.39. The molecule has 8 heteroatoms. The Kier molecular flexibility index (Phi) is 5.51. The summed E-state index contributed by atoms with van der Waals surface area (Å²) in [7, 11) is 0. The SMILES string of the molecule is CCOc1nc(NN)nc(N2CCC(N(CC)CC)C2)n1. The predicted molar refractivity (Wildman–Crippen MR) is 82.3 cm³/mol. The summed E-state index contributed by atoms with van der Waals surface area (Å²) >= 11 is 0. The smallest absolute Gasteiger partial charge is 0.323 e. The average Bonchev–Trinajstić information content (AvgIpc) is 2.98. The summed E-state index contributed by atoms with van der Waals surface area (Å²) in [6, 6.07) is 0.850. The Labute approximate surface area is 125 Å². The second-order valence-corrected chi connectivity index (χ2v) is 4.93. The van der Waals surface area contributed by atoms with Crippen molar-refractivity contribution in [3.63, 3.8) is 0 Å². The first-order valence-corrected chi connectivity index (χ1v) is 7.56. The molecule has 8 nitrogen and oxygen atoms in total. The highest BCUT2D eigenvalue weighted by Gasteiger charge is 2.28. The molecule has 1 atom stereocenters. The Hall–Kier alpha value is -1.67. The van der Waals surface area contributed by atoms with E-state index < -0.39 is 0 Å². The summed E-state index contributed by atoms with van der Waals surface area (Å²) in [5.74, 6) is 6.37. The zero-order valence-electron chi connectivity index (χ0n) is 13.0. The first kappa shape index (κ1) is 15.7. The van der Waals surface area contributed by atoms with Gasteiger partial charge in [-0.2, -0.15) is 15.0 Å². The van der Waals surface area contributed by atoms with E-state index in [-0.39, 0.29) is 0 Å². The summed E-state index contributed by atoms with van der Waals surface area (Å²) in [6.07, 6.45) is 1.11. The Morgan fingerprint density at radius 2 is 2.05 bits per heavy atom. The average molecular weight is 295 g/mol. The van der Waals surface area contributed by atoms with Crippen LogP contribution in [0.1, 0.15) is 27.2 Å². The zero-order chi connectivity index (χ0) is 15.2. The van der Waals surface area contributed by atoms with E-state index >= 15 is 0 Å². The first-order chi connectivity index (χ1) is 10.2. The lowest BCUT2D eigenvalue weighted by Gasteiger charge is -2.26. The molecule has 21 heavy (non-hydrogen) atoms. The maximum absolute atomic E-state index is 5.42. The van der Waals surface area contributed by atoms with Gasteiger partial charge in [-0.05, 0) is 26.4 Å². The van der Waals surface area contributed by atoms with Crippen molar-refractivity contribution in [2.45, 2.75) is 33.2 Å². The molecule has 1 aliphatic rings.